The number of aromatic amines is 1. The molecule has 180 valence electrons. The highest BCUT2D eigenvalue weighted by Gasteiger charge is 2.53. The molecule has 0 radical (unpaired) electrons. The summed E-state index contributed by atoms with van der Waals surface area (Å²) in [6.45, 7) is 0.967. The topological polar surface area (TPSA) is 31.1 Å². The van der Waals surface area contributed by atoms with Crippen molar-refractivity contribution in [1.29, 1.82) is 0 Å². The summed E-state index contributed by atoms with van der Waals surface area (Å²) in [5, 5.41) is 5.37. The molecule has 4 heteroatoms. The number of nitrogens with one attached hydrogen (secondary N) is 2. The second kappa shape index (κ2) is 8.61. The smallest absolute Gasteiger partial charge is 0.123 e. The van der Waals surface area contributed by atoms with Crippen LogP contribution >= 0.6 is 0 Å². The first-order valence-corrected chi connectivity index (χ1v) is 12.8. The molecule has 0 bridgehead atoms. The summed E-state index contributed by atoms with van der Waals surface area (Å²) < 4.78 is 14.2. The van der Waals surface area contributed by atoms with Gasteiger partial charge in [0.2, 0.25) is 0 Å². The lowest BCUT2D eigenvalue weighted by Gasteiger charge is -2.56. The minimum atomic E-state index is -0.160. The summed E-state index contributed by atoms with van der Waals surface area (Å²) in [5.41, 5.74) is 6.26. The third-order valence-corrected chi connectivity index (χ3v) is 8.83. The van der Waals surface area contributed by atoms with Crippen LogP contribution in [0.4, 0.5) is 4.39 Å². The van der Waals surface area contributed by atoms with Gasteiger partial charge in [0.25, 0.3) is 0 Å². The van der Waals surface area contributed by atoms with Gasteiger partial charge in [-0.2, -0.15) is 0 Å². The Kier molecular flexibility index (Phi) is 5.54. The Morgan fingerprint density at radius 1 is 0.943 bits per heavy atom. The molecule has 2 heterocycles. The highest BCUT2D eigenvalue weighted by atomic mass is 19.1. The lowest BCUT2D eigenvalue weighted by atomic mass is 9.59. The minimum absolute atomic E-state index is 0.0597. The van der Waals surface area contributed by atoms with E-state index < -0.39 is 0 Å². The van der Waals surface area contributed by atoms with Gasteiger partial charge >= 0.3 is 0 Å². The Labute approximate surface area is 207 Å². The molecule has 0 amide bonds. The Bertz CT molecular complexity index is 1340. The van der Waals surface area contributed by atoms with Crippen molar-refractivity contribution in [3.63, 3.8) is 0 Å². The summed E-state index contributed by atoms with van der Waals surface area (Å²) in [6, 6.07) is 26.9. The van der Waals surface area contributed by atoms with E-state index in [9.17, 15) is 4.39 Å². The Morgan fingerprint density at radius 3 is 2.54 bits per heavy atom. The van der Waals surface area contributed by atoms with Gasteiger partial charge in [-0.25, -0.2) is 4.39 Å². The summed E-state index contributed by atoms with van der Waals surface area (Å²) in [6.07, 6.45) is 4.96. The Hall–Kier alpha value is -2.95. The van der Waals surface area contributed by atoms with Crippen molar-refractivity contribution in [2.24, 2.45) is 5.92 Å². The summed E-state index contributed by atoms with van der Waals surface area (Å²) in [7, 11) is 4.43. The number of halogens is 1. The fraction of sp³-hybridized carbons (Fsp3) is 0.355. The number of nitrogens with zero attached hydrogens (tertiary/aromatic N) is 1. The van der Waals surface area contributed by atoms with Crippen LogP contribution in [0.15, 0.2) is 78.9 Å². The van der Waals surface area contributed by atoms with Crippen LogP contribution in [-0.2, 0) is 23.9 Å². The highest BCUT2D eigenvalue weighted by Crippen LogP contribution is 2.54. The summed E-state index contributed by atoms with van der Waals surface area (Å²) in [5.74, 6) is 0.143. The average molecular weight is 468 g/mol. The highest BCUT2D eigenvalue weighted by molar-refractivity contribution is 5.85. The quantitative estimate of drug-likeness (QED) is 0.377. The van der Waals surface area contributed by atoms with Crippen molar-refractivity contribution in [3.8, 4) is 0 Å². The first-order valence-electron chi connectivity index (χ1n) is 12.8. The Morgan fingerprint density at radius 2 is 1.74 bits per heavy atom. The molecule has 1 aliphatic carbocycles. The zero-order valence-corrected chi connectivity index (χ0v) is 20.7. The van der Waals surface area contributed by atoms with Gasteiger partial charge in [-0.3, -0.25) is 4.90 Å². The zero-order chi connectivity index (χ0) is 24.0. The van der Waals surface area contributed by atoms with E-state index in [0.29, 0.717) is 5.92 Å². The minimum Gasteiger partial charge on any atom is -0.357 e. The van der Waals surface area contributed by atoms with E-state index >= 15 is 0 Å². The van der Waals surface area contributed by atoms with Crippen molar-refractivity contribution in [2.45, 2.75) is 43.2 Å². The predicted molar refractivity (Wildman–Crippen MR) is 141 cm³/mol. The van der Waals surface area contributed by atoms with E-state index in [1.807, 2.05) is 6.07 Å². The molecule has 1 aromatic heterocycles. The van der Waals surface area contributed by atoms with Gasteiger partial charge in [0.15, 0.2) is 0 Å². The fourth-order valence-electron chi connectivity index (χ4n) is 7.06. The molecule has 0 saturated heterocycles. The monoisotopic (exact) mass is 467 g/mol. The Balaban J connectivity index is 1.50. The molecule has 6 rings (SSSR count). The fourth-order valence-corrected chi connectivity index (χ4v) is 7.06. The third-order valence-electron chi connectivity index (χ3n) is 8.83. The zero-order valence-electron chi connectivity index (χ0n) is 20.7. The third kappa shape index (κ3) is 3.62. The van der Waals surface area contributed by atoms with Gasteiger partial charge in [-0.05, 0) is 87.0 Å². The van der Waals surface area contributed by atoms with Crippen LogP contribution in [0.25, 0.3) is 10.9 Å². The number of fused-ring (bicyclic) bond motifs is 4. The molecule has 3 nitrogen and oxygen atoms in total. The number of para-hydroxylation sites is 1. The van der Waals surface area contributed by atoms with E-state index in [2.05, 4.69) is 90.0 Å². The van der Waals surface area contributed by atoms with Crippen molar-refractivity contribution >= 4 is 10.9 Å². The molecule has 1 spiro atoms. The molecule has 1 fully saturated rings. The van der Waals surface area contributed by atoms with E-state index in [1.165, 1.54) is 27.7 Å². The van der Waals surface area contributed by atoms with Crippen LogP contribution in [0.3, 0.4) is 0 Å². The van der Waals surface area contributed by atoms with E-state index in [-0.39, 0.29) is 16.9 Å². The number of hydrogen-bond acceptors (Lipinski definition) is 2. The van der Waals surface area contributed by atoms with Crippen molar-refractivity contribution in [1.82, 2.24) is 15.2 Å². The number of rotatable bonds is 4. The molecule has 3 unspecified atom stereocenters. The summed E-state index contributed by atoms with van der Waals surface area (Å²) >= 11 is 0. The van der Waals surface area contributed by atoms with Crippen molar-refractivity contribution in [3.05, 3.63) is 107 Å². The molecule has 3 aromatic carbocycles. The predicted octanol–water partition coefficient (Wildman–Crippen LogP) is 6.15. The SMILES string of the molecule is CN(C)C1(c2ccccc2)CCC2(NCCc3c2[nH]c2ccccc32)C(Cc2cccc(F)c2)C1. The first-order chi connectivity index (χ1) is 17.0. The van der Waals surface area contributed by atoms with Gasteiger partial charge in [0.05, 0.1) is 5.54 Å². The van der Waals surface area contributed by atoms with E-state index in [0.717, 1.165) is 44.2 Å². The standard InChI is InChI=1S/C31H34FN3/c1-35(2)30(23-10-4-3-5-11-23)16-17-31(24(21-30)19-22-9-8-12-25(32)20-22)29-27(15-18-33-31)26-13-6-7-14-28(26)34-29/h3-14,20,24,33-34H,15-19,21H2,1-2H3. The molecule has 35 heavy (non-hydrogen) atoms. The van der Waals surface area contributed by atoms with Crippen molar-refractivity contribution < 1.29 is 4.39 Å². The number of hydrogen-bond donors (Lipinski definition) is 2. The molecule has 3 atom stereocenters. The molecule has 4 aromatic rings. The second-order valence-electron chi connectivity index (χ2n) is 10.7. The van der Waals surface area contributed by atoms with Gasteiger partial charge in [0, 0.05) is 28.7 Å². The van der Waals surface area contributed by atoms with E-state index in [4.69, 9.17) is 0 Å². The molecule has 2 aliphatic rings. The maximum absolute atomic E-state index is 14.2. The lowest BCUT2D eigenvalue weighted by molar-refractivity contribution is 0.00236. The maximum Gasteiger partial charge on any atom is 0.123 e. The van der Waals surface area contributed by atoms with Gasteiger partial charge in [0.1, 0.15) is 5.82 Å². The van der Waals surface area contributed by atoms with E-state index in [1.54, 1.807) is 12.1 Å². The van der Waals surface area contributed by atoms with Crippen molar-refractivity contribution in [2.75, 3.05) is 20.6 Å². The van der Waals surface area contributed by atoms with Crippen LogP contribution in [0.2, 0.25) is 0 Å². The van der Waals surface area contributed by atoms with Gasteiger partial charge in [-0.15, -0.1) is 0 Å². The first kappa shape index (κ1) is 22.5. The molecular weight excluding hydrogens is 433 g/mol. The largest absolute Gasteiger partial charge is 0.357 e. The lowest BCUT2D eigenvalue weighted by Crippen LogP contribution is -2.60. The van der Waals surface area contributed by atoms with Crippen LogP contribution in [0, 0.1) is 11.7 Å². The molecular formula is C31H34FN3. The maximum atomic E-state index is 14.2. The number of H-pyrrole nitrogens is 1. The van der Waals surface area contributed by atoms with Crippen LogP contribution in [0.5, 0.6) is 0 Å². The molecule has 1 aliphatic heterocycles. The number of benzene rings is 3. The van der Waals surface area contributed by atoms with Gasteiger partial charge in [-0.1, -0.05) is 60.7 Å². The van der Waals surface area contributed by atoms with Crippen LogP contribution < -0.4 is 5.32 Å². The average Bonchev–Trinajstić information content (AvgIpc) is 3.26. The normalized spacial score (nSPS) is 26.3. The van der Waals surface area contributed by atoms with Gasteiger partial charge < -0.3 is 10.3 Å². The number of aromatic nitrogens is 1. The summed E-state index contributed by atoms with van der Waals surface area (Å²) in [4.78, 5) is 6.27. The molecule has 1 saturated carbocycles. The molecule has 2 N–H and O–H groups in total. The van der Waals surface area contributed by atoms with Crippen LogP contribution in [-0.4, -0.2) is 30.5 Å². The van der Waals surface area contributed by atoms with Crippen LogP contribution in [0.1, 0.15) is 41.6 Å². The second-order valence-corrected chi connectivity index (χ2v) is 10.7.